The standard InChI is InChI=1S/C66H66O20S2/c1-5-51(67)79-35-45(81-53(69)7-3)33-77-41-25-29-43(30-26-41)83-62(73)37-17-21-39(22-18-37)64(75)85-58-49-15-11-12-16-50(49)59(61-60(58)87-66(88-61)55-56(71)47-13-9-10-14-48(47)57(55)72)86-65(76)40-23-19-38(20-24-40)63(74)84-44-31-27-42(28-32-44)78-34-46(82-54(70)8-4)36-80-52(68)6-2/h5,7-16,25-32,37-40,45-46,56,64-65,71,75-76H,1,3-4,6,17-24,33-36H2,2H3/b66-55+. The predicted molar refractivity (Wildman–Crippen MR) is 320 cm³/mol. The van der Waals surface area contributed by atoms with Gasteiger partial charge in [0.05, 0.1) is 31.4 Å². The fourth-order valence-corrected chi connectivity index (χ4v) is 13.3. The molecule has 5 aromatic carbocycles. The molecule has 3 aliphatic carbocycles. The van der Waals surface area contributed by atoms with Crippen LogP contribution in [0.5, 0.6) is 34.5 Å². The molecule has 462 valence electrons. The van der Waals surface area contributed by atoms with Crippen molar-refractivity contribution in [1.29, 1.82) is 0 Å². The summed E-state index contributed by atoms with van der Waals surface area (Å²) in [6.07, 6.45) is 0.660. The number of Topliss-reactive ketones (excluding diaryl/α,β-unsaturated/α-hetero) is 1. The van der Waals surface area contributed by atoms with E-state index >= 15 is 0 Å². The number of ether oxygens (including phenoxy) is 10. The number of aliphatic hydroxyl groups excluding tert-OH is 3. The van der Waals surface area contributed by atoms with Crippen molar-refractivity contribution >= 4 is 75.9 Å². The Kier molecular flexibility index (Phi) is 21.8. The molecule has 9 rings (SSSR count). The van der Waals surface area contributed by atoms with Gasteiger partial charge in [-0.3, -0.25) is 19.2 Å². The number of carbonyl (C=O) groups excluding carboxylic acids is 7. The summed E-state index contributed by atoms with van der Waals surface area (Å²) < 4.78 is 57.3. The molecule has 88 heavy (non-hydrogen) atoms. The average molecular weight is 1240 g/mol. The molecule has 0 saturated heterocycles. The summed E-state index contributed by atoms with van der Waals surface area (Å²) in [6.45, 7) is 11.0. The maximum Gasteiger partial charge on any atom is 0.330 e. The van der Waals surface area contributed by atoms with E-state index in [2.05, 4.69) is 19.7 Å². The van der Waals surface area contributed by atoms with Gasteiger partial charge >= 0.3 is 35.8 Å². The third-order valence-electron chi connectivity index (χ3n) is 15.3. The molecule has 0 aromatic heterocycles. The monoisotopic (exact) mass is 1240 g/mol. The molecule has 5 unspecified atom stereocenters. The lowest BCUT2D eigenvalue weighted by atomic mass is 9.81. The van der Waals surface area contributed by atoms with Gasteiger partial charge in [-0.2, -0.15) is 0 Å². The maximum absolute atomic E-state index is 14.0. The zero-order chi connectivity index (χ0) is 62.4. The topological polar surface area (TPSA) is 272 Å². The van der Waals surface area contributed by atoms with Gasteiger partial charge < -0.3 is 62.7 Å². The average Bonchev–Trinajstić information content (AvgIpc) is 2.16. The fourth-order valence-electron chi connectivity index (χ4n) is 10.5. The minimum absolute atomic E-state index is 0.119. The van der Waals surface area contributed by atoms with Crippen LogP contribution in [-0.2, 0) is 47.7 Å². The summed E-state index contributed by atoms with van der Waals surface area (Å²) in [6, 6.07) is 26.7. The lowest BCUT2D eigenvalue weighted by Crippen LogP contribution is -2.34. The van der Waals surface area contributed by atoms with Gasteiger partial charge in [-0.25, -0.2) is 14.4 Å². The minimum Gasteiger partial charge on any atom is -0.490 e. The SMILES string of the molecule is C=CC(=O)OCC(COc1ccc(OC(=O)C2CCC(C(O)Oc3c4c(c(OC(O)C5CCC(C(=O)Oc6ccc(OCC(COC(=O)CC)OC(=O)C=C)cc6)CC5)c5ccccc35)S/C(=C3/C(=O)c5ccccc5C3O)S4)CC2)cc1)OC(=O)C=C. The molecular formula is C66H66O20S2. The summed E-state index contributed by atoms with van der Waals surface area (Å²) in [5.74, 6) is -3.59. The van der Waals surface area contributed by atoms with Crippen LogP contribution in [0.15, 0.2) is 155 Å². The van der Waals surface area contributed by atoms with Crippen LogP contribution in [0.25, 0.3) is 10.8 Å². The Balaban J connectivity index is 0.837. The molecule has 5 atom stereocenters. The molecule has 1 aliphatic heterocycles. The highest BCUT2D eigenvalue weighted by molar-refractivity contribution is 8.24. The summed E-state index contributed by atoms with van der Waals surface area (Å²) in [4.78, 5) is 89.0. The Morgan fingerprint density at radius 1 is 0.557 bits per heavy atom. The van der Waals surface area contributed by atoms with Gasteiger partial charge in [0.15, 0.2) is 30.6 Å². The third-order valence-corrected chi connectivity index (χ3v) is 17.9. The quantitative estimate of drug-likeness (QED) is 0.0153. The molecule has 2 fully saturated rings. The van der Waals surface area contributed by atoms with E-state index in [4.69, 9.17) is 47.4 Å². The van der Waals surface area contributed by atoms with E-state index in [1.54, 1.807) is 79.7 Å². The van der Waals surface area contributed by atoms with Gasteiger partial charge in [0.1, 0.15) is 67.0 Å². The Bertz CT molecular complexity index is 3450. The van der Waals surface area contributed by atoms with Gasteiger partial charge in [0.25, 0.3) is 0 Å². The van der Waals surface area contributed by atoms with Crippen LogP contribution in [0.3, 0.4) is 0 Å². The first-order chi connectivity index (χ1) is 42.5. The van der Waals surface area contributed by atoms with Crippen molar-refractivity contribution in [2.24, 2.45) is 23.7 Å². The van der Waals surface area contributed by atoms with Gasteiger partial charge in [-0.15, -0.1) is 0 Å². The van der Waals surface area contributed by atoms with Crippen molar-refractivity contribution in [3.63, 3.8) is 0 Å². The number of hydrogen-bond acceptors (Lipinski definition) is 22. The first-order valence-corrected chi connectivity index (χ1v) is 30.4. The highest BCUT2D eigenvalue weighted by atomic mass is 32.2. The number of thioether (sulfide) groups is 2. The van der Waals surface area contributed by atoms with Crippen molar-refractivity contribution in [3.05, 3.63) is 156 Å². The molecule has 20 nitrogen and oxygen atoms in total. The number of esters is 6. The van der Waals surface area contributed by atoms with Gasteiger partial charge in [-0.05, 0) is 105 Å². The molecule has 4 aliphatic rings. The molecule has 5 aromatic rings. The van der Waals surface area contributed by atoms with Crippen LogP contribution in [0.4, 0.5) is 0 Å². The Labute approximate surface area is 515 Å². The molecule has 0 spiro atoms. The molecule has 0 bridgehead atoms. The first kappa shape index (κ1) is 64.1. The van der Waals surface area contributed by atoms with E-state index < -0.39 is 90.4 Å². The molecule has 0 amide bonds. The van der Waals surface area contributed by atoms with E-state index in [0.717, 1.165) is 18.2 Å². The zero-order valence-electron chi connectivity index (χ0n) is 48.1. The highest BCUT2D eigenvalue weighted by Gasteiger charge is 2.42. The van der Waals surface area contributed by atoms with E-state index in [-0.39, 0.29) is 55.7 Å². The molecule has 22 heteroatoms. The van der Waals surface area contributed by atoms with Crippen molar-refractivity contribution in [2.75, 3.05) is 26.4 Å². The van der Waals surface area contributed by atoms with Crippen molar-refractivity contribution in [3.8, 4) is 34.5 Å². The second-order valence-corrected chi connectivity index (χ2v) is 23.4. The summed E-state index contributed by atoms with van der Waals surface area (Å²) >= 11 is 2.42. The van der Waals surface area contributed by atoms with Gasteiger partial charge in [-0.1, -0.05) is 98.7 Å². The minimum atomic E-state index is -1.34. The van der Waals surface area contributed by atoms with Crippen LogP contribution < -0.4 is 28.4 Å². The predicted octanol–water partition coefficient (Wildman–Crippen LogP) is 10.0. The van der Waals surface area contributed by atoms with E-state index in [9.17, 15) is 48.9 Å². The van der Waals surface area contributed by atoms with Gasteiger partial charge in [0, 0.05) is 52.8 Å². The van der Waals surface area contributed by atoms with Crippen molar-refractivity contribution in [2.45, 2.75) is 105 Å². The zero-order valence-corrected chi connectivity index (χ0v) is 49.7. The van der Waals surface area contributed by atoms with Crippen LogP contribution in [0.2, 0.25) is 0 Å². The number of rotatable bonds is 26. The fraction of sp³-hybridized carbons (Fsp3) is 0.348. The first-order valence-electron chi connectivity index (χ1n) is 28.7. The lowest BCUT2D eigenvalue weighted by molar-refractivity contribution is -0.157. The number of benzene rings is 5. The Morgan fingerprint density at radius 3 is 1.41 bits per heavy atom. The molecule has 0 radical (unpaired) electrons. The summed E-state index contributed by atoms with van der Waals surface area (Å²) in [5, 5.41) is 36.7. The van der Waals surface area contributed by atoms with E-state index in [1.807, 2.05) is 24.3 Å². The van der Waals surface area contributed by atoms with Gasteiger partial charge in [0.2, 0.25) is 0 Å². The van der Waals surface area contributed by atoms with Crippen LogP contribution in [0, 0.1) is 23.7 Å². The molecule has 1 heterocycles. The number of fused-ring (bicyclic) bond motifs is 3. The highest BCUT2D eigenvalue weighted by Crippen LogP contribution is 2.63. The number of ketones is 1. The number of aliphatic hydroxyl groups is 3. The smallest absolute Gasteiger partial charge is 0.330 e. The van der Waals surface area contributed by atoms with Crippen LogP contribution in [-0.4, -0.2) is 108 Å². The Hall–Kier alpha value is -8.41. The third kappa shape index (κ3) is 15.8. The largest absolute Gasteiger partial charge is 0.490 e. The van der Waals surface area contributed by atoms with Crippen molar-refractivity contribution < 1.29 is 96.2 Å². The van der Waals surface area contributed by atoms with E-state index in [1.165, 1.54) is 23.5 Å². The normalized spacial score (nSPS) is 20.7. The molecule has 3 N–H and O–H groups in total. The molecule has 2 saturated carbocycles. The molecular weight excluding hydrogens is 1180 g/mol. The van der Waals surface area contributed by atoms with Crippen LogP contribution in [0.1, 0.15) is 86.7 Å². The van der Waals surface area contributed by atoms with Crippen molar-refractivity contribution in [1.82, 2.24) is 0 Å². The maximum atomic E-state index is 14.0. The van der Waals surface area contributed by atoms with E-state index in [0.29, 0.717) is 110 Å². The lowest BCUT2D eigenvalue weighted by Gasteiger charge is -2.32. The Morgan fingerprint density at radius 2 is 0.977 bits per heavy atom. The summed E-state index contributed by atoms with van der Waals surface area (Å²) in [7, 11) is 0. The van der Waals surface area contributed by atoms with Crippen LogP contribution >= 0.6 is 23.5 Å². The number of hydrogen-bond donors (Lipinski definition) is 3. The number of carbonyl (C=O) groups is 7. The second-order valence-electron chi connectivity index (χ2n) is 21.1. The summed E-state index contributed by atoms with van der Waals surface area (Å²) in [5.41, 5.74) is 1.05. The second kappa shape index (κ2) is 30.0.